The molecule has 6 heteroatoms. The van der Waals surface area contributed by atoms with Crippen LogP contribution in [-0.4, -0.2) is 0 Å². The zero-order valence-electron chi connectivity index (χ0n) is 6.58. The largest absolute Gasteiger partial charge is 0.348 e. The predicted molar refractivity (Wildman–Crippen MR) is 45.9 cm³/mol. The summed E-state index contributed by atoms with van der Waals surface area (Å²) >= 11 is 9.32. The Balaban J connectivity index is 3.15. The van der Waals surface area contributed by atoms with Gasteiger partial charge in [0.15, 0.2) is 0 Å². The summed E-state index contributed by atoms with van der Waals surface area (Å²) in [7, 11) is 0. The smallest absolute Gasteiger partial charge is 0.183 e. The lowest BCUT2D eigenvalue weighted by Gasteiger charge is -2.12. The molecule has 0 aliphatic rings. The minimum Gasteiger partial charge on any atom is -0.183 e. The summed E-state index contributed by atoms with van der Waals surface area (Å²) in [6.07, 6.45) is 0. The lowest BCUT2D eigenvalue weighted by Crippen LogP contribution is -2.08. The molecule has 1 aromatic carbocycles. The molecule has 78 valence electrons. The maximum atomic E-state index is 12.5. The molecule has 14 heavy (non-hydrogen) atoms. The van der Waals surface area contributed by atoms with Gasteiger partial charge in [0.2, 0.25) is 0 Å². The summed E-state index contributed by atoms with van der Waals surface area (Å²) in [6, 6.07) is 3.50. The van der Waals surface area contributed by atoms with E-state index in [4.69, 9.17) is 0 Å². The highest BCUT2D eigenvalue weighted by molar-refractivity contribution is 6.22. The molecule has 1 rings (SSSR count). The van der Waals surface area contributed by atoms with Crippen molar-refractivity contribution in [3.8, 4) is 0 Å². The number of rotatable bonds is 2. The maximum absolute atomic E-state index is 12.5. The van der Waals surface area contributed by atoms with E-state index in [9.17, 15) is 17.6 Å². The third-order valence-electron chi connectivity index (χ3n) is 1.52. The molecule has 0 aliphatic heterocycles. The third-order valence-corrected chi connectivity index (χ3v) is 1.95. The summed E-state index contributed by atoms with van der Waals surface area (Å²) in [5.74, 6) is 0. The van der Waals surface area contributed by atoms with Crippen molar-refractivity contribution >= 4 is 23.2 Å². The van der Waals surface area contributed by atoms with Crippen molar-refractivity contribution in [3.63, 3.8) is 0 Å². The first kappa shape index (κ1) is 11.6. The molecule has 0 spiro atoms. The molecular weight excluding hydrogens is 243 g/mol. The van der Waals surface area contributed by atoms with E-state index in [0.29, 0.717) is 6.07 Å². The van der Waals surface area contributed by atoms with E-state index in [1.54, 1.807) is 0 Å². The van der Waals surface area contributed by atoms with Gasteiger partial charge in [-0.1, -0.05) is 18.2 Å². The van der Waals surface area contributed by atoms with Gasteiger partial charge in [-0.25, -0.2) is 0 Å². The van der Waals surface area contributed by atoms with Crippen LogP contribution in [0.4, 0.5) is 17.6 Å². The highest BCUT2D eigenvalue weighted by Crippen LogP contribution is 2.37. The summed E-state index contributed by atoms with van der Waals surface area (Å²) in [6.45, 7) is 0. The van der Waals surface area contributed by atoms with Crippen LogP contribution in [0.25, 0.3) is 0 Å². The summed E-state index contributed by atoms with van der Waals surface area (Å²) < 4.78 is 50.0. The van der Waals surface area contributed by atoms with Gasteiger partial charge >= 0.3 is 10.8 Å². The van der Waals surface area contributed by atoms with E-state index in [-0.39, 0.29) is 0 Å². The van der Waals surface area contributed by atoms with Crippen LogP contribution in [-0.2, 0) is 10.8 Å². The van der Waals surface area contributed by atoms with Gasteiger partial charge in [0.05, 0.1) is 0 Å². The van der Waals surface area contributed by atoms with Gasteiger partial charge in [0.25, 0.3) is 0 Å². The quantitative estimate of drug-likeness (QED) is 0.541. The minimum atomic E-state index is -3.67. The van der Waals surface area contributed by atoms with Crippen molar-refractivity contribution in [2.45, 2.75) is 10.8 Å². The van der Waals surface area contributed by atoms with Gasteiger partial charge in [-0.2, -0.15) is 17.6 Å². The third kappa shape index (κ3) is 2.75. The Hall–Kier alpha value is -0.480. The second kappa shape index (κ2) is 3.59. The first-order valence-electron chi connectivity index (χ1n) is 3.46. The molecule has 0 radical (unpaired) electrons. The molecule has 0 atom stereocenters. The highest BCUT2D eigenvalue weighted by atomic mass is 35.5. The average Bonchev–Trinajstić information content (AvgIpc) is 2.01. The Morgan fingerprint density at radius 1 is 0.857 bits per heavy atom. The van der Waals surface area contributed by atoms with E-state index in [1.165, 1.54) is 0 Å². The molecule has 0 heterocycles. The Bertz CT molecular complexity index is 298. The van der Waals surface area contributed by atoms with Crippen molar-refractivity contribution in [2.75, 3.05) is 0 Å². The Morgan fingerprint density at radius 2 is 1.21 bits per heavy atom. The number of hydrogen-bond acceptors (Lipinski definition) is 0. The SMILES string of the molecule is FC(F)(Cl)c1cccc(C(F)(F)Cl)c1. The van der Waals surface area contributed by atoms with Gasteiger partial charge in [0.1, 0.15) is 0 Å². The van der Waals surface area contributed by atoms with Crippen LogP contribution in [0.15, 0.2) is 24.3 Å². The zero-order valence-corrected chi connectivity index (χ0v) is 8.09. The molecular formula is C8H4Cl2F4. The Morgan fingerprint density at radius 3 is 1.50 bits per heavy atom. The van der Waals surface area contributed by atoms with E-state index in [0.717, 1.165) is 18.2 Å². The van der Waals surface area contributed by atoms with Crippen molar-refractivity contribution in [2.24, 2.45) is 0 Å². The summed E-state index contributed by atoms with van der Waals surface area (Å²) in [4.78, 5) is 0. The molecule has 0 unspecified atom stereocenters. The van der Waals surface area contributed by atoms with Crippen molar-refractivity contribution < 1.29 is 17.6 Å². The van der Waals surface area contributed by atoms with Crippen LogP contribution in [0, 0.1) is 0 Å². The molecule has 0 nitrogen and oxygen atoms in total. The zero-order chi connectivity index (χ0) is 11.0. The first-order chi connectivity index (χ1) is 6.21. The molecule has 0 amide bonds. The fraction of sp³-hybridized carbons (Fsp3) is 0.250. The highest BCUT2D eigenvalue weighted by Gasteiger charge is 2.32. The second-order valence-corrected chi connectivity index (χ2v) is 3.53. The Labute approximate surface area is 87.4 Å². The topological polar surface area (TPSA) is 0 Å². The van der Waals surface area contributed by atoms with Gasteiger partial charge in [0, 0.05) is 11.1 Å². The van der Waals surface area contributed by atoms with Gasteiger partial charge < -0.3 is 0 Å². The average molecular weight is 247 g/mol. The van der Waals surface area contributed by atoms with Crippen LogP contribution in [0.3, 0.4) is 0 Å². The lowest BCUT2D eigenvalue weighted by molar-refractivity contribution is 0.0878. The monoisotopic (exact) mass is 246 g/mol. The molecule has 0 aromatic heterocycles. The minimum absolute atomic E-state index is 0.569. The first-order valence-corrected chi connectivity index (χ1v) is 4.21. The van der Waals surface area contributed by atoms with E-state index in [1.807, 2.05) is 0 Å². The fourth-order valence-corrected chi connectivity index (χ4v) is 1.11. The summed E-state index contributed by atoms with van der Waals surface area (Å²) in [5.41, 5.74) is -1.42. The van der Waals surface area contributed by atoms with Crippen LogP contribution in [0.1, 0.15) is 11.1 Å². The molecule has 0 aliphatic carbocycles. The van der Waals surface area contributed by atoms with Crippen LogP contribution < -0.4 is 0 Å². The van der Waals surface area contributed by atoms with Crippen molar-refractivity contribution in [1.82, 2.24) is 0 Å². The Kier molecular flexibility index (Phi) is 2.97. The fourth-order valence-electron chi connectivity index (χ4n) is 0.872. The normalized spacial score (nSPS) is 13.0. The molecule has 1 aromatic rings. The number of halogens is 6. The lowest BCUT2D eigenvalue weighted by atomic mass is 10.1. The number of hydrogen-bond donors (Lipinski definition) is 0. The summed E-state index contributed by atoms with van der Waals surface area (Å²) in [5, 5.41) is -7.34. The van der Waals surface area contributed by atoms with Gasteiger partial charge in [-0.05, 0) is 29.3 Å². The molecule has 0 N–H and O–H groups in total. The number of benzene rings is 1. The standard InChI is InChI=1S/C8H4Cl2F4/c9-7(11,12)5-2-1-3-6(4-5)8(10,13)14/h1-4H. The maximum Gasteiger partial charge on any atom is 0.348 e. The molecule has 0 bridgehead atoms. The van der Waals surface area contributed by atoms with Gasteiger partial charge in [-0.15, -0.1) is 0 Å². The van der Waals surface area contributed by atoms with Crippen LogP contribution >= 0.6 is 23.2 Å². The molecule has 0 fully saturated rings. The van der Waals surface area contributed by atoms with E-state index in [2.05, 4.69) is 23.2 Å². The number of alkyl halides is 6. The van der Waals surface area contributed by atoms with Crippen LogP contribution in [0.5, 0.6) is 0 Å². The van der Waals surface area contributed by atoms with Gasteiger partial charge in [-0.3, -0.25) is 0 Å². The van der Waals surface area contributed by atoms with E-state index < -0.39 is 21.9 Å². The second-order valence-electron chi connectivity index (χ2n) is 2.58. The van der Waals surface area contributed by atoms with E-state index >= 15 is 0 Å². The van der Waals surface area contributed by atoms with Crippen molar-refractivity contribution in [1.29, 1.82) is 0 Å². The van der Waals surface area contributed by atoms with Crippen molar-refractivity contribution in [3.05, 3.63) is 35.4 Å². The van der Waals surface area contributed by atoms with Crippen LogP contribution in [0.2, 0.25) is 0 Å². The predicted octanol–water partition coefficient (Wildman–Crippen LogP) is 4.26. The molecule has 0 saturated heterocycles. The molecule has 0 saturated carbocycles.